The van der Waals surface area contributed by atoms with Gasteiger partial charge < -0.3 is 32.4 Å². The SMILES string of the molecule is CC(COc1cc(N)ccc1N)Oc1cc(N)ccc1N. The second kappa shape index (κ2) is 6.13. The molecule has 0 spiro atoms. The van der Waals surface area contributed by atoms with Crippen molar-refractivity contribution in [2.24, 2.45) is 0 Å². The van der Waals surface area contributed by atoms with Crippen molar-refractivity contribution in [2.75, 3.05) is 29.5 Å². The molecule has 6 nitrogen and oxygen atoms in total. The maximum absolute atomic E-state index is 5.83. The van der Waals surface area contributed by atoms with E-state index in [0.717, 1.165) is 0 Å². The Hall–Kier alpha value is -2.76. The largest absolute Gasteiger partial charge is 0.488 e. The van der Waals surface area contributed by atoms with E-state index in [0.29, 0.717) is 40.9 Å². The molecule has 0 amide bonds. The third kappa shape index (κ3) is 3.85. The maximum Gasteiger partial charge on any atom is 0.144 e. The van der Waals surface area contributed by atoms with E-state index in [1.807, 2.05) is 6.92 Å². The van der Waals surface area contributed by atoms with Gasteiger partial charge in [0.25, 0.3) is 0 Å². The lowest BCUT2D eigenvalue weighted by molar-refractivity contribution is 0.144. The molecule has 0 aliphatic rings. The molecule has 2 aromatic rings. The fourth-order valence-corrected chi connectivity index (χ4v) is 1.79. The van der Waals surface area contributed by atoms with Gasteiger partial charge in [-0.05, 0) is 31.2 Å². The van der Waals surface area contributed by atoms with Gasteiger partial charge in [-0.3, -0.25) is 0 Å². The third-order valence-electron chi connectivity index (χ3n) is 2.88. The van der Waals surface area contributed by atoms with Gasteiger partial charge in [0.05, 0.1) is 11.4 Å². The van der Waals surface area contributed by atoms with Crippen molar-refractivity contribution in [2.45, 2.75) is 13.0 Å². The van der Waals surface area contributed by atoms with Crippen LogP contribution in [0.3, 0.4) is 0 Å². The van der Waals surface area contributed by atoms with Crippen LogP contribution in [0.15, 0.2) is 36.4 Å². The van der Waals surface area contributed by atoms with Crippen molar-refractivity contribution in [1.82, 2.24) is 0 Å². The lowest BCUT2D eigenvalue weighted by atomic mass is 10.2. The molecule has 112 valence electrons. The summed E-state index contributed by atoms with van der Waals surface area (Å²) >= 11 is 0. The molecular formula is C15H20N4O2. The number of nitrogens with two attached hydrogens (primary N) is 4. The molecule has 0 saturated heterocycles. The number of hydrogen-bond acceptors (Lipinski definition) is 6. The molecule has 0 fully saturated rings. The van der Waals surface area contributed by atoms with Gasteiger partial charge >= 0.3 is 0 Å². The fraction of sp³-hybridized carbons (Fsp3) is 0.200. The van der Waals surface area contributed by atoms with Gasteiger partial charge in [-0.1, -0.05) is 0 Å². The monoisotopic (exact) mass is 288 g/mol. The van der Waals surface area contributed by atoms with E-state index >= 15 is 0 Å². The summed E-state index contributed by atoms with van der Waals surface area (Å²) in [6.45, 7) is 2.17. The first-order chi connectivity index (χ1) is 9.95. The lowest BCUT2D eigenvalue weighted by Gasteiger charge is -2.18. The zero-order valence-electron chi connectivity index (χ0n) is 11.9. The van der Waals surface area contributed by atoms with Crippen LogP contribution in [0.1, 0.15) is 6.92 Å². The number of hydrogen-bond donors (Lipinski definition) is 4. The Balaban J connectivity index is 1.97. The highest BCUT2D eigenvalue weighted by Crippen LogP contribution is 2.26. The van der Waals surface area contributed by atoms with Crippen molar-refractivity contribution < 1.29 is 9.47 Å². The molecular weight excluding hydrogens is 268 g/mol. The Morgan fingerprint density at radius 2 is 1.38 bits per heavy atom. The highest BCUT2D eigenvalue weighted by atomic mass is 16.5. The molecule has 6 heteroatoms. The summed E-state index contributed by atoms with van der Waals surface area (Å²) in [5, 5.41) is 0. The van der Waals surface area contributed by atoms with Gasteiger partial charge in [-0.2, -0.15) is 0 Å². The Kier molecular flexibility index (Phi) is 4.27. The average Bonchev–Trinajstić information content (AvgIpc) is 2.44. The van der Waals surface area contributed by atoms with E-state index in [1.165, 1.54) is 0 Å². The summed E-state index contributed by atoms with van der Waals surface area (Å²) in [5.41, 5.74) is 25.3. The molecule has 0 aliphatic heterocycles. The molecule has 2 rings (SSSR count). The van der Waals surface area contributed by atoms with Crippen LogP contribution in [0.2, 0.25) is 0 Å². The van der Waals surface area contributed by atoms with Crippen LogP contribution in [0.4, 0.5) is 22.7 Å². The Morgan fingerprint density at radius 3 is 2.00 bits per heavy atom. The summed E-state index contributed by atoms with van der Waals surface area (Å²) in [6, 6.07) is 10.2. The van der Waals surface area contributed by atoms with Crippen molar-refractivity contribution >= 4 is 22.7 Å². The summed E-state index contributed by atoms with van der Waals surface area (Å²) in [7, 11) is 0. The van der Waals surface area contributed by atoms with Gasteiger partial charge in [0.15, 0.2) is 0 Å². The van der Waals surface area contributed by atoms with Gasteiger partial charge in [-0.15, -0.1) is 0 Å². The van der Waals surface area contributed by atoms with E-state index in [9.17, 15) is 0 Å². The minimum atomic E-state index is -0.227. The number of benzene rings is 2. The molecule has 0 heterocycles. The fourth-order valence-electron chi connectivity index (χ4n) is 1.79. The first-order valence-corrected chi connectivity index (χ1v) is 6.55. The van der Waals surface area contributed by atoms with Crippen molar-refractivity contribution in [3.05, 3.63) is 36.4 Å². The minimum Gasteiger partial charge on any atom is -0.488 e. The number of ether oxygens (including phenoxy) is 2. The Bertz CT molecular complexity index is 631. The quantitative estimate of drug-likeness (QED) is 0.623. The van der Waals surface area contributed by atoms with E-state index in [1.54, 1.807) is 36.4 Å². The zero-order valence-corrected chi connectivity index (χ0v) is 11.9. The van der Waals surface area contributed by atoms with Crippen LogP contribution in [0.5, 0.6) is 11.5 Å². The average molecular weight is 288 g/mol. The van der Waals surface area contributed by atoms with Gasteiger partial charge in [0.2, 0.25) is 0 Å². The van der Waals surface area contributed by atoms with Crippen LogP contribution in [0, 0.1) is 0 Å². The lowest BCUT2D eigenvalue weighted by Crippen LogP contribution is -2.22. The highest BCUT2D eigenvalue weighted by Gasteiger charge is 2.10. The minimum absolute atomic E-state index is 0.227. The molecule has 0 radical (unpaired) electrons. The first-order valence-electron chi connectivity index (χ1n) is 6.55. The summed E-state index contributed by atoms with van der Waals surface area (Å²) in [4.78, 5) is 0. The Morgan fingerprint density at radius 1 is 0.857 bits per heavy atom. The number of rotatable bonds is 5. The molecule has 0 aliphatic carbocycles. The molecule has 0 bridgehead atoms. The van der Waals surface area contributed by atoms with Crippen LogP contribution in [-0.4, -0.2) is 12.7 Å². The zero-order chi connectivity index (χ0) is 15.4. The van der Waals surface area contributed by atoms with Crippen LogP contribution >= 0.6 is 0 Å². The molecule has 21 heavy (non-hydrogen) atoms. The van der Waals surface area contributed by atoms with Gasteiger partial charge in [-0.25, -0.2) is 0 Å². The molecule has 2 aromatic carbocycles. The summed E-state index contributed by atoms with van der Waals surface area (Å²) in [5.74, 6) is 1.07. The second-order valence-electron chi connectivity index (χ2n) is 4.83. The number of anilines is 4. The topological polar surface area (TPSA) is 123 Å². The van der Waals surface area contributed by atoms with Crippen LogP contribution in [0.25, 0.3) is 0 Å². The highest BCUT2D eigenvalue weighted by molar-refractivity contribution is 5.60. The van der Waals surface area contributed by atoms with E-state index in [-0.39, 0.29) is 6.10 Å². The Labute approximate surface area is 123 Å². The van der Waals surface area contributed by atoms with Gasteiger partial charge in [0.1, 0.15) is 24.2 Å². The van der Waals surface area contributed by atoms with E-state index in [2.05, 4.69) is 0 Å². The standard InChI is InChI=1S/C15H20N4O2/c1-9(21-15-7-11(17)3-5-13(15)19)8-20-14-6-10(16)2-4-12(14)18/h2-7,9H,8,16-19H2,1H3. The predicted molar refractivity (Wildman–Crippen MR) is 86.1 cm³/mol. The number of nitrogen functional groups attached to an aromatic ring is 4. The van der Waals surface area contributed by atoms with Crippen molar-refractivity contribution in [3.63, 3.8) is 0 Å². The normalized spacial score (nSPS) is 11.9. The van der Waals surface area contributed by atoms with Crippen LogP contribution < -0.4 is 32.4 Å². The second-order valence-corrected chi connectivity index (χ2v) is 4.83. The maximum atomic E-state index is 5.83. The molecule has 1 unspecified atom stereocenters. The molecule has 0 saturated carbocycles. The van der Waals surface area contributed by atoms with Crippen LogP contribution in [-0.2, 0) is 0 Å². The first kappa shape index (κ1) is 14.6. The smallest absolute Gasteiger partial charge is 0.144 e. The van der Waals surface area contributed by atoms with E-state index in [4.69, 9.17) is 32.4 Å². The summed E-state index contributed by atoms with van der Waals surface area (Å²) in [6.07, 6.45) is -0.227. The van der Waals surface area contributed by atoms with Crippen molar-refractivity contribution in [1.29, 1.82) is 0 Å². The van der Waals surface area contributed by atoms with Crippen molar-refractivity contribution in [3.8, 4) is 11.5 Å². The molecule has 1 atom stereocenters. The molecule has 0 aromatic heterocycles. The van der Waals surface area contributed by atoms with Gasteiger partial charge in [0, 0.05) is 23.5 Å². The summed E-state index contributed by atoms with van der Waals surface area (Å²) < 4.78 is 11.3. The molecule has 8 N–H and O–H groups in total. The third-order valence-corrected chi connectivity index (χ3v) is 2.88. The van der Waals surface area contributed by atoms with E-state index < -0.39 is 0 Å². The predicted octanol–water partition coefficient (Wildman–Crippen LogP) is 1.86.